The van der Waals surface area contributed by atoms with Crippen molar-refractivity contribution in [3.05, 3.63) is 46.8 Å². The molecule has 1 aromatic carbocycles. The summed E-state index contributed by atoms with van der Waals surface area (Å²) in [4.78, 5) is 15.1. The van der Waals surface area contributed by atoms with E-state index in [0.717, 1.165) is 68.3 Å². The highest BCUT2D eigenvalue weighted by Gasteiger charge is 2.31. The highest BCUT2D eigenvalue weighted by atomic mass is 19.2. The molecule has 2 aromatic rings. The largest absolute Gasteiger partial charge is 0.337 e. The van der Waals surface area contributed by atoms with Crippen LogP contribution in [-0.2, 0) is 12.8 Å². The fourth-order valence-electron chi connectivity index (χ4n) is 4.59. The number of hydrogen-bond acceptors (Lipinski definition) is 2. The molecule has 0 bridgehead atoms. The van der Waals surface area contributed by atoms with E-state index in [1.54, 1.807) is 4.68 Å². The number of amides is 1. The molecule has 0 saturated heterocycles. The van der Waals surface area contributed by atoms with E-state index in [4.69, 9.17) is 0 Å². The first-order valence-corrected chi connectivity index (χ1v) is 10.4. The van der Waals surface area contributed by atoms with Crippen LogP contribution in [0.15, 0.2) is 18.2 Å². The number of nitrogens with zero attached hydrogens (tertiary/aromatic N) is 3. The minimum Gasteiger partial charge on any atom is -0.337 e. The molecule has 0 radical (unpaired) electrons. The zero-order valence-corrected chi connectivity index (χ0v) is 16.4. The van der Waals surface area contributed by atoms with E-state index < -0.39 is 11.6 Å². The zero-order chi connectivity index (χ0) is 19.7. The fourth-order valence-corrected chi connectivity index (χ4v) is 4.59. The van der Waals surface area contributed by atoms with Gasteiger partial charge in [0.15, 0.2) is 17.3 Å². The molecule has 0 aliphatic heterocycles. The lowest BCUT2D eigenvalue weighted by Gasteiger charge is -2.29. The molecule has 0 N–H and O–H groups in total. The first-order valence-electron chi connectivity index (χ1n) is 10.4. The van der Waals surface area contributed by atoms with Gasteiger partial charge in [0.05, 0.1) is 5.69 Å². The summed E-state index contributed by atoms with van der Waals surface area (Å²) < 4.78 is 28.7. The maximum atomic E-state index is 13.7. The molecule has 0 spiro atoms. The summed E-state index contributed by atoms with van der Waals surface area (Å²) in [5.41, 5.74) is 2.85. The Hall–Kier alpha value is -2.24. The maximum Gasteiger partial charge on any atom is 0.274 e. The van der Waals surface area contributed by atoms with Crippen LogP contribution in [0.5, 0.6) is 0 Å². The summed E-state index contributed by atoms with van der Waals surface area (Å²) >= 11 is 0. The molecule has 1 saturated carbocycles. The van der Waals surface area contributed by atoms with Gasteiger partial charge < -0.3 is 4.90 Å². The lowest BCUT2D eigenvalue weighted by molar-refractivity contribution is 0.0699. The van der Waals surface area contributed by atoms with Crippen LogP contribution in [-0.4, -0.2) is 33.7 Å². The molecule has 2 aliphatic carbocycles. The lowest BCUT2D eigenvalue weighted by Crippen LogP contribution is -2.38. The van der Waals surface area contributed by atoms with E-state index in [1.165, 1.54) is 25.3 Å². The molecule has 1 fully saturated rings. The minimum atomic E-state index is -0.903. The Kier molecular flexibility index (Phi) is 5.47. The number of carbonyl (C=O) groups is 1. The Bertz CT molecular complexity index is 869. The van der Waals surface area contributed by atoms with Crippen LogP contribution in [0.25, 0.3) is 5.69 Å². The van der Waals surface area contributed by atoms with Gasteiger partial charge in [-0.05, 0) is 44.2 Å². The zero-order valence-electron chi connectivity index (χ0n) is 16.4. The van der Waals surface area contributed by atoms with Gasteiger partial charge in [0.25, 0.3) is 5.91 Å². The molecule has 1 amide bonds. The minimum absolute atomic E-state index is 0.0509. The van der Waals surface area contributed by atoms with Crippen LogP contribution in [0.4, 0.5) is 8.78 Å². The van der Waals surface area contributed by atoms with Gasteiger partial charge in [-0.2, -0.15) is 5.10 Å². The predicted molar refractivity (Wildman–Crippen MR) is 104 cm³/mol. The number of hydrogen-bond donors (Lipinski definition) is 0. The van der Waals surface area contributed by atoms with Gasteiger partial charge in [0.2, 0.25) is 0 Å². The van der Waals surface area contributed by atoms with Crippen LogP contribution >= 0.6 is 0 Å². The van der Waals surface area contributed by atoms with E-state index >= 15 is 0 Å². The van der Waals surface area contributed by atoms with Crippen molar-refractivity contribution in [3.8, 4) is 5.69 Å². The molecule has 4 rings (SSSR count). The van der Waals surface area contributed by atoms with Crippen molar-refractivity contribution in [1.82, 2.24) is 14.7 Å². The molecule has 4 nitrogen and oxygen atoms in total. The molecule has 0 unspecified atom stereocenters. The smallest absolute Gasteiger partial charge is 0.274 e. The Morgan fingerprint density at radius 2 is 1.75 bits per heavy atom. The van der Waals surface area contributed by atoms with Gasteiger partial charge in [-0.3, -0.25) is 4.79 Å². The Morgan fingerprint density at radius 1 is 1.04 bits per heavy atom. The monoisotopic (exact) mass is 387 g/mol. The topological polar surface area (TPSA) is 38.1 Å². The Labute approximate surface area is 164 Å². The highest BCUT2D eigenvalue weighted by Crippen LogP contribution is 2.30. The van der Waals surface area contributed by atoms with Gasteiger partial charge in [-0.25, -0.2) is 13.5 Å². The summed E-state index contributed by atoms with van der Waals surface area (Å²) in [5, 5.41) is 4.57. The average Bonchev–Trinajstić information content (AvgIpc) is 3.25. The van der Waals surface area contributed by atoms with Crippen molar-refractivity contribution in [1.29, 1.82) is 0 Å². The third-order valence-corrected chi connectivity index (χ3v) is 6.22. The number of fused-ring (bicyclic) bond motifs is 1. The molecule has 150 valence electrons. The molecule has 1 heterocycles. The van der Waals surface area contributed by atoms with Gasteiger partial charge in [-0.15, -0.1) is 0 Å². The third kappa shape index (κ3) is 3.56. The van der Waals surface area contributed by atoms with Crippen LogP contribution < -0.4 is 0 Å². The summed E-state index contributed by atoms with van der Waals surface area (Å²) in [6, 6.07) is 4.01. The third-order valence-electron chi connectivity index (χ3n) is 6.22. The number of aromatic nitrogens is 2. The van der Waals surface area contributed by atoms with Crippen LogP contribution in [0.2, 0.25) is 0 Å². The van der Waals surface area contributed by atoms with Crippen LogP contribution in [0.1, 0.15) is 73.1 Å². The van der Waals surface area contributed by atoms with Crippen molar-refractivity contribution in [2.45, 2.75) is 70.3 Å². The average molecular weight is 387 g/mol. The summed E-state index contributed by atoms with van der Waals surface area (Å²) in [7, 11) is 1.88. The highest BCUT2D eigenvalue weighted by molar-refractivity contribution is 5.94. The van der Waals surface area contributed by atoms with Crippen LogP contribution in [0, 0.1) is 11.6 Å². The number of benzene rings is 1. The van der Waals surface area contributed by atoms with Gasteiger partial charge in [0, 0.05) is 30.4 Å². The van der Waals surface area contributed by atoms with Crippen LogP contribution in [0.3, 0.4) is 0 Å². The maximum absolute atomic E-state index is 13.7. The predicted octanol–water partition coefficient (Wildman–Crippen LogP) is 4.82. The standard InChI is InChI=1S/C22H27F2N3O/c1-26(15-8-5-3-2-4-6-9-15)22(28)21-17-10-7-11-20(17)27(25-21)16-12-13-18(23)19(24)14-16/h12-15H,2-11H2,1H3. The van der Waals surface area contributed by atoms with E-state index in [1.807, 2.05) is 11.9 Å². The van der Waals surface area contributed by atoms with Gasteiger partial charge in [0.1, 0.15) is 0 Å². The SMILES string of the molecule is CN(C(=O)c1nn(-c2ccc(F)c(F)c2)c2c1CCC2)C1CCCCCCC1. The van der Waals surface area contributed by atoms with E-state index in [-0.39, 0.29) is 11.9 Å². The molecule has 1 aromatic heterocycles. The van der Waals surface area contributed by atoms with Crippen molar-refractivity contribution in [3.63, 3.8) is 0 Å². The van der Waals surface area contributed by atoms with Gasteiger partial charge in [-0.1, -0.05) is 32.1 Å². The second kappa shape index (κ2) is 8.02. The molecular weight excluding hydrogens is 360 g/mol. The fraction of sp³-hybridized carbons (Fsp3) is 0.545. The molecular formula is C22H27F2N3O. The molecule has 0 atom stereocenters. The van der Waals surface area contributed by atoms with E-state index in [0.29, 0.717) is 11.4 Å². The second-order valence-electron chi connectivity index (χ2n) is 8.05. The summed E-state index contributed by atoms with van der Waals surface area (Å²) in [5.74, 6) is -1.84. The Morgan fingerprint density at radius 3 is 2.46 bits per heavy atom. The first kappa shape index (κ1) is 19.1. The van der Waals surface area contributed by atoms with E-state index in [9.17, 15) is 13.6 Å². The molecule has 6 heteroatoms. The number of halogens is 2. The van der Waals surface area contributed by atoms with Gasteiger partial charge >= 0.3 is 0 Å². The first-order chi connectivity index (χ1) is 13.6. The summed E-state index contributed by atoms with van der Waals surface area (Å²) in [6.07, 6.45) is 10.7. The molecule has 28 heavy (non-hydrogen) atoms. The van der Waals surface area contributed by atoms with Crippen molar-refractivity contribution in [2.24, 2.45) is 0 Å². The van der Waals surface area contributed by atoms with Crippen molar-refractivity contribution < 1.29 is 13.6 Å². The summed E-state index contributed by atoms with van der Waals surface area (Å²) in [6.45, 7) is 0. The Balaban J connectivity index is 1.64. The van der Waals surface area contributed by atoms with Crippen molar-refractivity contribution in [2.75, 3.05) is 7.05 Å². The number of carbonyl (C=O) groups excluding carboxylic acids is 1. The quantitative estimate of drug-likeness (QED) is 0.757. The second-order valence-corrected chi connectivity index (χ2v) is 8.05. The lowest BCUT2D eigenvalue weighted by atomic mass is 9.95. The molecule has 2 aliphatic rings. The van der Waals surface area contributed by atoms with Crippen molar-refractivity contribution >= 4 is 5.91 Å². The normalized spacial score (nSPS) is 17.8. The number of rotatable bonds is 3. The van der Waals surface area contributed by atoms with E-state index in [2.05, 4.69) is 5.10 Å².